The molecule has 2 aromatic heterocycles. The lowest BCUT2D eigenvalue weighted by Gasteiger charge is -2.42. The number of hydrogen-bond acceptors (Lipinski definition) is 4. The molecule has 34 heavy (non-hydrogen) atoms. The van der Waals surface area contributed by atoms with Crippen LogP contribution in [0.1, 0.15) is 52.1 Å². The lowest BCUT2D eigenvalue weighted by Crippen LogP contribution is -2.53. The molecule has 3 heterocycles. The number of aromatic nitrogens is 2. The van der Waals surface area contributed by atoms with Crippen molar-refractivity contribution in [3.8, 4) is 6.07 Å². The molecule has 1 aliphatic carbocycles. The molecule has 0 bridgehead atoms. The van der Waals surface area contributed by atoms with Gasteiger partial charge >= 0.3 is 0 Å². The predicted octanol–water partition coefficient (Wildman–Crippen LogP) is 4.96. The summed E-state index contributed by atoms with van der Waals surface area (Å²) in [4.78, 5) is 22.0. The average Bonchev–Trinajstić information content (AvgIpc) is 3.11. The van der Waals surface area contributed by atoms with Gasteiger partial charge in [-0.2, -0.15) is 5.26 Å². The van der Waals surface area contributed by atoms with Crippen LogP contribution in [-0.4, -0.2) is 57.5 Å². The summed E-state index contributed by atoms with van der Waals surface area (Å²) in [5, 5.41) is 11.2. The van der Waals surface area contributed by atoms with E-state index in [1.165, 1.54) is 25.5 Å². The summed E-state index contributed by atoms with van der Waals surface area (Å²) < 4.78 is 2.05. The topological polar surface area (TPSA) is 65.2 Å². The van der Waals surface area contributed by atoms with Crippen LogP contribution in [0.2, 0.25) is 10.0 Å². The van der Waals surface area contributed by atoms with Gasteiger partial charge in [0.1, 0.15) is 5.69 Å². The standard InChI is InChI=1S/C26H27Cl2N5O/c1-16-10-17(14-29)11-23-20(16)12-19(31(23)2)13-21-22(27)15-30-25(24(21)28)26(34)33-8-6-32(7-9-33)18-4-3-5-18/h10-12,15,18H,3-9,13H2,1-2H3. The third kappa shape index (κ3) is 4.07. The molecular formula is C26H27Cl2N5O. The molecule has 0 atom stereocenters. The van der Waals surface area contributed by atoms with Crippen molar-refractivity contribution in [3.63, 3.8) is 0 Å². The van der Waals surface area contributed by atoms with E-state index in [9.17, 15) is 10.1 Å². The molecule has 2 aliphatic rings. The smallest absolute Gasteiger partial charge is 0.274 e. The SMILES string of the molecule is Cc1cc(C#N)cc2c1cc(Cc1c(Cl)cnc(C(=O)N3CCN(C4CCC4)CC3)c1Cl)n2C. The normalized spacial score (nSPS) is 17.1. The van der Waals surface area contributed by atoms with Crippen molar-refractivity contribution in [2.45, 2.75) is 38.6 Å². The molecule has 0 unspecified atom stereocenters. The van der Waals surface area contributed by atoms with Gasteiger partial charge in [0, 0.05) is 68.5 Å². The molecule has 176 valence electrons. The van der Waals surface area contributed by atoms with Crippen LogP contribution in [0.25, 0.3) is 10.9 Å². The lowest BCUT2D eigenvalue weighted by molar-refractivity contribution is 0.0451. The van der Waals surface area contributed by atoms with E-state index in [0.29, 0.717) is 46.7 Å². The molecule has 1 aromatic carbocycles. The Bertz CT molecular complexity index is 1310. The molecule has 1 amide bonds. The van der Waals surface area contributed by atoms with E-state index in [-0.39, 0.29) is 11.6 Å². The van der Waals surface area contributed by atoms with Crippen molar-refractivity contribution in [2.24, 2.45) is 7.05 Å². The van der Waals surface area contributed by atoms with E-state index in [0.717, 1.165) is 35.2 Å². The third-order valence-corrected chi connectivity index (χ3v) is 8.15. The molecule has 8 heteroatoms. The molecule has 1 saturated carbocycles. The Morgan fingerprint density at radius 1 is 1.18 bits per heavy atom. The molecule has 6 nitrogen and oxygen atoms in total. The number of nitrogens with zero attached hydrogens (tertiary/aromatic N) is 5. The van der Waals surface area contributed by atoms with Crippen LogP contribution >= 0.6 is 23.2 Å². The zero-order valence-electron chi connectivity index (χ0n) is 19.4. The van der Waals surface area contributed by atoms with Crippen molar-refractivity contribution < 1.29 is 4.79 Å². The molecule has 0 radical (unpaired) electrons. The minimum atomic E-state index is -0.136. The van der Waals surface area contributed by atoms with Gasteiger partial charge in [0.2, 0.25) is 0 Å². The Kier molecular flexibility index (Phi) is 6.28. The van der Waals surface area contributed by atoms with Crippen LogP contribution in [0.4, 0.5) is 0 Å². The van der Waals surface area contributed by atoms with Gasteiger partial charge in [-0.25, -0.2) is 4.98 Å². The van der Waals surface area contributed by atoms with Crippen LogP contribution in [0, 0.1) is 18.3 Å². The van der Waals surface area contributed by atoms with Crippen molar-refractivity contribution in [1.82, 2.24) is 19.4 Å². The van der Waals surface area contributed by atoms with Gasteiger partial charge in [0.25, 0.3) is 5.91 Å². The second-order valence-electron chi connectivity index (χ2n) is 9.37. The first kappa shape index (κ1) is 23.2. The van der Waals surface area contributed by atoms with Gasteiger partial charge in [0.05, 0.1) is 21.7 Å². The number of hydrogen-bond donors (Lipinski definition) is 0. The lowest BCUT2D eigenvalue weighted by atomic mass is 9.91. The molecule has 5 rings (SSSR count). The van der Waals surface area contributed by atoms with Gasteiger partial charge in [-0.3, -0.25) is 9.69 Å². The number of halogens is 2. The number of nitriles is 1. The number of rotatable bonds is 4. The highest BCUT2D eigenvalue weighted by atomic mass is 35.5. The number of pyridine rings is 1. The predicted molar refractivity (Wildman–Crippen MR) is 135 cm³/mol. The Labute approximate surface area is 209 Å². The van der Waals surface area contributed by atoms with E-state index >= 15 is 0 Å². The van der Waals surface area contributed by atoms with Crippen LogP contribution < -0.4 is 0 Å². The van der Waals surface area contributed by atoms with Crippen molar-refractivity contribution in [3.05, 3.63) is 62.5 Å². The Morgan fingerprint density at radius 2 is 1.91 bits per heavy atom. The van der Waals surface area contributed by atoms with Crippen LogP contribution in [0.15, 0.2) is 24.4 Å². The number of carbonyl (C=O) groups is 1. The number of aryl methyl sites for hydroxylation is 2. The number of carbonyl (C=O) groups excluding carboxylic acids is 1. The molecule has 0 spiro atoms. The summed E-state index contributed by atoms with van der Waals surface area (Å²) in [6.45, 7) is 5.17. The maximum absolute atomic E-state index is 13.3. The van der Waals surface area contributed by atoms with E-state index in [1.54, 1.807) is 0 Å². The number of fused-ring (bicyclic) bond motifs is 1. The summed E-state index contributed by atoms with van der Waals surface area (Å²) in [6.07, 6.45) is 5.85. The number of amides is 1. The first-order valence-corrected chi connectivity index (χ1v) is 12.5. The van der Waals surface area contributed by atoms with E-state index in [1.807, 2.05) is 31.0 Å². The average molecular weight is 496 g/mol. The third-order valence-electron chi connectivity index (χ3n) is 7.42. The summed E-state index contributed by atoms with van der Waals surface area (Å²) >= 11 is 13.3. The van der Waals surface area contributed by atoms with Gasteiger partial charge in [-0.1, -0.05) is 29.6 Å². The second kappa shape index (κ2) is 9.22. The first-order valence-electron chi connectivity index (χ1n) is 11.7. The first-order chi connectivity index (χ1) is 16.4. The van der Waals surface area contributed by atoms with Crippen LogP contribution in [0.5, 0.6) is 0 Å². The minimum absolute atomic E-state index is 0.136. The second-order valence-corrected chi connectivity index (χ2v) is 10.2. The van der Waals surface area contributed by atoms with Crippen molar-refractivity contribution in [2.75, 3.05) is 26.2 Å². The van der Waals surface area contributed by atoms with E-state index in [4.69, 9.17) is 23.2 Å². The highest BCUT2D eigenvalue weighted by Crippen LogP contribution is 2.32. The number of benzene rings is 1. The summed E-state index contributed by atoms with van der Waals surface area (Å²) in [7, 11) is 1.97. The molecule has 3 aromatic rings. The largest absolute Gasteiger partial charge is 0.347 e. The monoisotopic (exact) mass is 495 g/mol. The fourth-order valence-electron chi connectivity index (χ4n) is 5.08. The summed E-state index contributed by atoms with van der Waals surface area (Å²) in [6, 6.07) is 8.79. The Hall–Kier alpha value is -2.59. The molecule has 2 fully saturated rings. The molecule has 1 aliphatic heterocycles. The van der Waals surface area contributed by atoms with E-state index < -0.39 is 0 Å². The van der Waals surface area contributed by atoms with Crippen molar-refractivity contribution >= 4 is 40.0 Å². The highest BCUT2D eigenvalue weighted by Gasteiger charge is 2.31. The quantitative estimate of drug-likeness (QED) is 0.512. The van der Waals surface area contributed by atoms with Crippen LogP contribution in [0.3, 0.4) is 0 Å². The van der Waals surface area contributed by atoms with Gasteiger partial charge in [0.15, 0.2) is 0 Å². The van der Waals surface area contributed by atoms with E-state index in [2.05, 4.69) is 26.6 Å². The number of piperazine rings is 1. The maximum atomic E-state index is 13.3. The highest BCUT2D eigenvalue weighted by molar-refractivity contribution is 6.37. The summed E-state index contributed by atoms with van der Waals surface area (Å²) in [5.74, 6) is -0.136. The van der Waals surface area contributed by atoms with Gasteiger partial charge in [-0.05, 0) is 49.1 Å². The zero-order valence-corrected chi connectivity index (χ0v) is 21.0. The van der Waals surface area contributed by atoms with Crippen molar-refractivity contribution in [1.29, 1.82) is 5.26 Å². The van der Waals surface area contributed by atoms with Gasteiger partial charge < -0.3 is 9.47 Å². The van der Waals surface area contributed by atoms with Crippen LogP contribution in [-0.2, 0) is 13.5 Å². The molecule has 1 saturated heterocycles. The van der Waals surface area contributed by atoms with Gasteiger partial charge in [-0.15, -0.1) is 0 Å². The maximum Gasteiger partial charge on any atom is 0.274 e. The fourth-order valence-corrected chi connectivity index (χ4v) is 5.64. The zero-order chi connectivity index (χ0) is 24.0. The molecule has 0 N–H and O–H groups in total. The molecular weight excluding hydrogens is 469 g/mol. The minimum Gasteiger partial charge on any atom is -0.347 e. The Morgan fingerprint density at radius 3 is 2.56 bits per heavy atom. The summed E-state index contributed by atoms with van der Waals surface area (Å²) in [5.41, 5.74) is 4.60. The Balaban J connectivity index is 1.41. The fraction of sp³-hybridized carbons (Fsp3) is 0.423.